The van der Waals surface area contributed by atoms with Crippen molar-refractivity contribution in [3.05, 3.63) is 35.1 Å². The monoisotopic (exact) mass is 298 g/mol. The van der Waals surface area contributed by atoms with Crippen LogP contribution >= 0.6 is 0 Å². The number of methoxy groups -OCH3 is 2. The molecule has 1 rings (SSSR count). The molecule has 21 heavy (non-hydrogen) atoms. The van der Waals surface area contributed by atoms with Gasteiger partial charge in [-0.05, 0) is 11.6 Å². The van der Waals surface area contributed by atoms with Gasteiger partial charge in [-0.25, -0.2) is 4.39 Å². The average molecular weight is 298 g/mol. The molecule has 7 heteroatoms. The third-order valence-corrected chi connectivity index (χ3v) is 2.90. The number of benzene rings is 1. The number of rotatable bonds is 7. The van der Waals surface area contributed by atoms with Crippen LogP contribution in [-0.4, -0.2) is 44.1 Å². The van der Waals surface area contributed by atoms with Crippen molar-refractivity contribution in [2.75, 3.05) is 27.3 Å². The number of nitrogens with two attached hydrogens (primary N) is 1. The molecule has 2 N–H and O–H groups in total. The molecule has 0 atom stereocenters. The lowest BCUT2D eigenvalue weighted by molar-refractivity contribution is -0.145. The second-order valence-corrected chi connectivity index (χ2v) is 4.43. The molecule has 0 unspecified atom stereocenters. The van der Waals surface area contributed by atoms with E-state index in [0.29, 0.717) is 5.56 Å². The maximum absolute atomic E-state index is 13.4. The fraction of sp³-hybridized carbons (Fsp3) is 0.429. The Morgan fingerprint density at radius 1 is 1.19 bits per heavy atom. The third kappa shape index (κ3) is 5.49. The van der Waals surface area contributed by atoms with Crippen LogP contribution in [0.5, 0.6) is 0 Å². The molecule has 0 aromatic heterocycles. The van der Waals surface area contributed by atoms with E-state index in [1.165, 1.54) is 20.3 Å². The summed E-state index contributed by atoms with van der Waals surface area (Å²) in [5, 5.41) is 0. The molecule has 1 aromatic rings. The van der Waals surface area contributed by atoms with Crippen LogP contribution in [-0.2, 0) is 32.2 Å². The molecule has 0 heterocycles. The van der Waals surface area contributed by atoms with Crippen molar-refractivity contribution >= 4 is 11.9 Å². The molecule has 116 valence electrons. The zero-order chi connectivity index (χ0) is 15.8. The fourth-order valence-electron chi connectivity index (χ4n) is 1.80. The van der Waals surface area contributed by atoms with E-state index in [2.05, 4.69) is 9.47 Å². The second-order valence-electron chi connectivity index (χ2n) is 4.43. The van der Waals surface area contributed by atoms with Crippen LogP contribution in [0.25, 0.3) is 0 Å². The first-order chi connectivity index (χ1) is 9.99. The van der Waals surface area contributed by atoms with E-state index in [1.807, 2.05) is 0 Å². The zero-order valence-electron chi connectivity index (χ0n) is 12.1. The number of ether oxygens (including phenoxy) is 2. The van der Waals surface area contributed by atoms with Crippen molar-refractivity contribution < 1.29 is 23.5 Å². The summed E-state index contributed by atoms with van der Waals surface area (Å²) in [5.41, 5.74) is 6.57. The van der Waals surface area contributed by atoms with Crippen molar-refractivity contribution in [3.8, 4) is 0 Å². The lowest BCUT2D eigenvalue weighted by Crippen LogP contribution is -2.35. The smallest absolute Gasteiger partial charge is 0.319 e. The number of hydrogen-bond donors (Lipinski definition) is 1. The summed E-state index contributed by atoms with van der Waals surface area (Å²) in [6.45, 7) is 0.215. The lowest BCUT2D eigenvalue weighted by Gasteiger charge is -2.20. The number of hydrogen-bond acceptors (Lipinski definition) is 6. The Morgan fingerprint density at radius 2 is 1.76 bits per heavy atom. The van der Waals surface area contributed by atoms with E-state index in [9.17, 15) is 14.0 Å². The van der Waals surface area contributed by atoms with Crippen LogP contribution in [0.1, 0.15) is 11.1 Å². The molecule has 0 aliphatic rings. The van der Waals surface area contributed by atoms with Gasteiger partial charge >= 0.3 is 11.9 Å². The summed E-state index contributed by atoms with van der Waals surface area (Å²) in [5.74, 6) is -1.33. The highest BCUT2D eigenvalue weighted by Crippen LogP contribution is 2.12. The molecule has 0 amide bonds. The van der Waals surface area contributed by atoms with Gasteiger partial charge in [-0.2, -0.15) is 0 Å². The Balaban J connectivity index is 2.83. The van der Waals surface area contributed by atoms with Gasteiger partial charge in [0.1, 0.15) is 5.82 Å². The molecule has 0 bridgehead atoms. The molecule has 6 nitrogen and oxygen atoms in total. The van der Waals surface area contributed by atoms with Crippen molar-refractivity contribution in [1.29, 1.82) is 0 Å². The molecule has 1 aromatic carbocycles. The Bertz CT molecular complexity index is 490. The van der Waals surface area contributed by atoms with E-state index < -0.39 is 11.9 Å². The molecular weight excluding hydrogens is 279 g/mol. The van der Waals surface area contributed by atoms with Crippen molar-refractivity contribution in [3.63, 3.8) is 0 Å². The van der Waals surface area contributed by atoms with Crippen LogP contribution in [0.4, 0.5) is 4.39 Å². The number of esters is 2. The topological polar surface area (TPSA) is 81.9 Å². The van der Waals surface area contributed by atoms with Crippen LogP contribution in [0.3, 0.4) is 0 Å². The first-order valence-corrected chi connectivity index (χ1v) is 6.33. The quantitative estimate of drug-likeness (QED) is 0.735. The second kappa shape index (κ2) is 8.33. The highest BCUT2D eigenvalue weighted by Gasteiger charge is 2.16. The van der Waals surface area contributed by atoms with Crippen LogP contribution < -0.4 is 5.73 Å². The van der Waals surface area contributed by atoms with Gasteiger partial charge in [-0.15, -0.1) is 0 Å². The normalized spacial score (nSPS) is 10.5. The summed E-state index contributed by atoms with van der Waals surface area (Å²) in [4.78, 5) is 24.3. The summed E-state index contributed by atoms with van der Waals surface area (Å²) in [7, 11) is 2.53. The SMILES string of the molecule is COC(=O)CN(CC(=O)OC)Cc1ccc(F)c(CN)c1. The van der Waals surface area contributed by atoms with Crippen molar-refractivity contribution in [2.24, 2.45) is 5.73 Å². The van der Waals surface area contributed by atoms with Gasteiger partial charge in [0.2, 0.25) is 0 Å². The molecule has 0 aliphatic heterocycles. The van der Waals surface area contributed by atoms with Gasteiger partial charge in [0.15, 0.2) is 0 Å². The number of nitrogens with zero attached hydrogens (tertiary/aromatic N) is 1. The van der Waals surface area contributed by atoms with E-state index in [4.69, 9.17) is 5.73 Å². The molecular formula is C14H19FN2O4. The van der Waals surface area contributed by atoms with Gasteiger partial charge in [-0.3, -0.25) is 14.5 Å². The molecule has 0 fully saturated rings. The summed E-state index contributed by atoms with van der Waals surface area (Å²) in [6.07, 6.45) is 0. The Kier molecular flexibility index (Phi) is 6.77. The minimum atomic E-state index is -0.472. The largest absolute Gasteiger partial charge is 0.468 e. The summed E-state index contributed by atoms with van der Waals surface area (Å²) < 4.78 is 22.6. The highest BCUT2D eigenvalue weighted by molar-refractivity contribution is 5.74. The van der Waals surface area contributed by atoms with Gasteiger partial charge in [-0.1, -0.05) is 12.1 Å². The zero-order valence-corrected chi connectivity index (χ0v) is 12.1. The van der Waals surface area contributed by atoms with Crippen LogP contribution in [0.2, 0.25) is 0 Å². The minimum Gasteiger partial charge on any atom is -0.468 e. The van der Waals surface area contributed by atoms with E-state index in [1.54, 1.807) is 17.0 Å². The Hall–Kier alpha value is -1.99. The highest BCUT2D eigenvalue weighted by atomic mass is 19.1. The first-order valence-electron chi connectivity index (χ1n) is 6.33. The van der Waals surface area contributed by atoms with Crippen LogP contribution in [0, 0.1) is 5.82 Å². The average Bonchev–Trinajstić information content (AvgIpc) is 2.48. The molecule has 0 saturated carbocycles. The van der Waals surface area contributed by atoms with Gasteiger partial charge < -0.3 is 15.2 Å². The maximum Gasteiger partial charge on any atom is 0.319 e. The fourth-order valence-corrected chi connectivity index (χ4v) is 1.80. The predicted octanol–water partition coefficient (Wildman–Crippen LogP) is 0.432. The van der Waals surface area contributed by atoms with Gasteiger partial charge in [0.25, 0.3) is 0 Å². The minimum absolute atomic E-state index is 0.0685. The van der Waals surface area contributed by atoms with Crippen LogP contribution in [0.15, 0.2) is 18.2 Å². The Morgan fingerprint density at radius 3 is 2.24 bits per heavy atom. The van der Waals surface area contributed by atoms with E-state index in [-0.39, 0.29) is 32.0 Å². The van der Waals surface area contributed by atoms with Crippen molar-refractivity contribution in [2.45, 2.75) is 13.1 Å². The number of carbonyl (C=O) groups excluding carboxylic acids is 2. The molecule has 0 aliphatic carbocycles. The Labute approximate surface area is 122 Å². The van der Waals surface area contributed by atoms with Gasteiger partial charge in [0, 0.05) is 18.7 Å². The molecule has 0 radical (unpaired) electrons. The third-order valence-electron chi connectivity index (χ3n) is 2.90. The van der Waals surface area contributed by atoms with E-state index in [0.717, 1.165) is 5.56 Å². The molecule has 0 saturated heterocycles. The number of carbonyl (C=O) groups is 2. The number of halogens is 1. The summed E-state index contributed by atoms with van der Waals surface area (Å²) >= 11 is 0. The van der Waals surface area contributed by atoms with Gasteiger partial charge in [0.05, 0.1) is 27.3 Å². The summed E-state index contributed by atoms with van der Waals surface area (Å²) in [6, 6.07) is 4.50. The maximum atomic E-state index is 13.4. The van der Waals surface area contributed by atoms with E-state index >= 15 is 0 Å². The first kappa shape index (κ1) is 17.1. The molecule has 0 spiro atoms. The standard InChI is InChI=1S/C14H19FN2O4/c1-20-13(18)8-17(9-14(19)21-2)7-10-3-4-12(15)11(5-10)6-16/h3-5H,6-9,16H2,1-2H3. The van der Waals surface area contributed by atoms with Crippen molar-refractivity contribution in [1.82, 2.24) is 4.90 Å². The predicted molar refractivity (Wildman–Crippen MR) is 73.6 cm³/mol. The lowest BCUT2D eigenvalue weighted by atomic mass is 10.1.